The summed E-state index contributed by atoms with van der Waals surface area (Å²) >= 11 is 19.0. The largest absolute Gasteiger partial charge is 0.488 e. The van der Waals surface area contributed by atoms with E-state index in [1.54, 1.807) is 17.0 Å². The molecule has 7 heteroatoms. The van der Waals surface area contributed by atoms with E-state index in [-0.39, 0.29) is 12.5 Å². The van der Waals surface area contributed by atoms with Crippen molar-refractivity contribution < 1.29 is 9.53 Å². The van der Waals surface area contributed by atoms with Crippen LogP contribution in [0.3, 0.4) is 0 Å². The third-order valence-corrected chi connectivity index (χ3v) is 6.64. The monoisotopic (exact) mass is 485 g/mol. The number of rotatable bonds is 5. The first-order valence-corrected chi connectivity index (χ1v) is 11.4. The minimum atomic E-state index is -0.139. The first-order chi connectivity index (χ1) is 14.9. The number of hydrogen-bond donors (Lipinski definition) is 0. The second kappa shape index (κ2) is 9.45. The smallest absolute Gasteiger partial charge is 0.270 e. The maximum absolute atomic E-state index is 13.1. The van der Waals surface area contributed by atoms with E-state index in [0.717, 1.165) is 22.4 Å². The lowest BCUT2D eigenvalue weighted by molar-refractivity contribution is -0.113. The molecule has 3 aromatic rings. The number of amides is 1. The quantitative estimate of drug-likeness (QED) is 0.280. The Morgan fingerprint density at radius 2 is 1.81 bits per heavy atom. The molecule has 0 radical (unpaired) electrons. The number of ether oxygens (including phenoxy) is 1. The average molecular weight is 486 g/mol. The van der Waals surface area contributed by atoms with E-state index in [0.29, 0.717) is 25.0 Å². The molecule has 1 fully saturated rings. The van der Waals surface area contributed by atoms with Crippen molar-refractivity contribution in [2.45, 2.75) is 13.5 Å². The van der Waals surface area contributed by atoms with Crippen molar-refractivity contribution in [3.05, 3.63) is 98.4 Å². The number of anilines is 1. The van der Waals surface area contributed by atoms with Gasteiger partial charge in [0.25, 0.3) is 5.91 Å². The fourth-order valence-corrected chi connectivity index (χ4v) is 4.90. The molecule has 0 aliphatic carbocycles. The molecule has 1 saturated heterocycles. The summed E-state index contributed by atoms with van der Waals surface area (Å²) in [6, 6.07) is 20.5. The van der Waals surface area contributed by atoms with E-state index >= 15 is 0 Å². The van der Waals surface area contributed by atoms with E-state index in [2.05, 4.69) is 0 Å². The van der Waals surface area contributed by atoms with Crippen LogP contribution in [0.15, 0.2) is 71.6 Å². The van der Waals surface area contributed by atoms with Gasteiger partial charge in [-0.3, -0.25) is 9.69 Å². The Bertz CT molecular complexity index is 1210. The van der Waals surface area contributed by atoms with Gasteiger partial charge in [0.1, 0.15) is 12.4 Å². The summed E-state index contributed by atoms with van der Waals surface area (Å²) in [5.74, 6) is 0.509. The van der Waals surface area contributed by atoms with Crippen LogP contribution in [0.4, 0.5) is 5.69 Å². The third-order valence-electron chi connectivity index (χ3n) is 4.75. The van der Waals surface area contributed by atoms with Crippen molar-refractivity contribution in [3.8, 4) is 5.75 Å². The van der Waals surface area contributed by atoms with Gasteiger partial charge in [0.2, 0.25) is 0 Å². The Kier molecular flexibility index (Phi) is 6.68. The number of benzene rings is 3. The van der Waals surface area contributed by atoms with Gasteiger partial charge < -0.3 is 4.74 Å². The molecule has 0 unspecified atom stereocenters. The summed E-state index contributed by atoms with van der Waals surface area (Å²) in [6.07, 6.45) is 1.82. The van der Waals surface area contributed by atoms with Gasteiger partial charge in [0.05, 0.1) is 10.6 Å². The summed E-state index contributed by atoms with van der Waals surface area (Å²) in [5, 5.41) is 1.12. The van der Waals surface area contributed by atoms with Crippen molar-refractivity contribution in [3.63, 3.8) is 0 Å². The maximum atomic E-state index is 13.1. The Morgan fingerprint density at radius 1 is 1.06 bits per heavy atom. The topological polar surface area (TPSA) is 29.5 Å². The van der Waals surface area contributed by atoms with Crippen molar-refractivity contribution >= 4 is 69.2 Å². The lowest BCUT2D eigenvalue weighted by Gasteiger charge is -2.16. The summed E-state index contributed by atoms with van der Waals surface area (Å²) in [4.78, 5) is 15.3. The predicted octanol–water partition coefficient (Wildman–Crippen LogP) is 7.29. The van der Waals surface area contributed by atoms with E-state index in [1.165, 1.54) is 11.8 Å². The Balaban J connectivity index is 1.59. The molecular weight excluding hydrogens is 469 g/mol. The van der Waals surface area contributed by atoms with Gasteiger partial charge >= 0.3 is 0 Å². The van der Waals surface area contributed by atoms with E-state index in [9.17, 15) is 4.79 Å². The lowest BCUT2D eigenvalue weighted by Crippen LogP contribution is -2.28. The Hall–Kier alpha value is -2.31. The highest BCUT2D eigenvalue weighted by molar-refractivity contribution is 8.27. The Labute approximate surface area is 200 Å². The minimum absolute atomic E-state index is 0.139. The molecule has 0 saturated carbocycles. The van der Waals surface area contributed by atoms with Crippen LogP contribution in [-0.4, -0.2) is 10.2 Å². The molecule has 1 amide bonds. The van der Waals surface area contributed by atoms with Gasteiger partial charge in [-0.25, -0.2) is 0 Å². The van der Waals surface area contributed by atoms with Gasteiger partial charge in [-0.2, -0.15) is 0 Å². The average Bonchev–Trinajstić information content (AvgIpc) is 3.02. The standard InChI is InChI=1S/C24H17Cl2NO2S2/c1-15-6-2-4-8-20(15)27-23(28)22(31-24(27)30)12-16-7-3-5-9-21(16)29-14-17-10-11-18(25)13-19(17)26/h2-13H,14H2,1H3/b22-12+. The van der Waals surface area contributed by atoms with Crippen molar-refractivity contribution in [2.75, 3.05) is 4.90 Å². The molecule has 3 aromatic carbocycles. The van der Waals surface area contributed by atoms with E-state index < -0.39 is 0 Å². The number of thioether (sulfide) groups is 1. The SMILES string of the molecule is Cc1ccccc1N1C(=O)/C(=C\c2ccccc2OCc2ccc(Cl)cc2Cl)SC1=S. The number of carbonyl (C=O) groups is 1. The second-order valence-corrected chi connectivity index (χ2v) is 9.39. The van der Waals surface area contributed by atoms with Gasteiger partial charge in [-0.05, 0) is 42.8 Å². The highest BCUT2D eigenvalue weighted by atomic mass is 35.5. The van der Waals surface area contributed by atoms with Crippen LogP contribution in [0.2, 0.25) is 10.0 Å². The predicted molar refractivity (Wildman–Crippen MR) is 134 cm³/mol. The van der Waals surface area contributed by atoms with Gasteiger partial charge in [0.15, 0.2) is 4.32 Å². The van der Waals surface area contributed by atoms with Crippen LogP contribution < -0.4 is 9.64 Å². The van der Waals surface area contributed by atoms with Gasteiger partial charge in [-0.15, -0.1) is 0 Å². The molecule has 0 atom stereocenters. The zero-order chi connectivity index (χ0) is 22.0. The van der Waals surface area contributed by atoms with Gasteiger partial charge in [0, 0.05) is 21.2 Å². The number of aryl methyl sites for hydroxylation is 1. The van der Waals surface area contributed by atoms with Crippen LogP contribution in [0.5, 0.6) is 5.75 Å². The number of halogens is 2. The van der Waals surface area contributed by atoms with Crippen molar-refractivity contribution in [1.29, 1.82) is 0 Å². The molecule has 31 heavy (non-hydrogen) atoms. The first-order valence-electron chi connectivity index (χ1n) is 9.43. The fraction of sp³-hybridized carbons (Fsp3) is 0.0833. The van der Waals surface area contributed by atoms with Crippen LogP contribution >= 0.6 is 47.2 Å². The summed E-state index contributed by atoms with van der Waals surface area (Å²) in [7, 11) is 0. The lowest BCUT2D eigenvalue weighted by atomic mass is 10.1. The number of thiocarbonyl (C=S) groups is 1. The highest BCUT2D eigenvalue weighted by Crippen LogP contribution is 2.38. The third kappa shape index (κ3) is 4.80. The molecule has 1 heterocycles. The maximum Gasteiger partial charge on any atom is 0.270 e. The zero-order valence-corrected chi connectivity index (χ0v) is 19.6. The molecule has 0 aromatic heterocycles. The summed E-state index contributed by atoms with van der Waals surface area (Å²) in [6.45, 7) is 2.24. The summed E-state index contributed by atoms with van der Waals surface area (Å²) in [5.41, 5.74) is 3.41. The van der Waals surface area contributed by atoms with E-state index in [1.807, 2.05) is 67.6 Å². The fourth-order valence-electron chi connectivity index (χ4n) is 3.16. The first kappa shape index (κ1) is 21.9. The number of carbonyl (C=O) groups excluding carboxylic acids is 1. The second-order valence-electron chi connectivity index (χ2n) is 6.87. The highest BCUT2D eigenvalue weighted by Gasteiger charge is 2.34. The molecule has 4 rings (SSSR count). The molecule has 0 bridgehead atoms. The van der Waals surface area contributed by atoms with E-state index in [4.69, 9.17) is 40.2 Å². The zero-order valence-electron chi connectivity index (χ0n) is 16.5. The summed E-state index contributed by atoms with van der Waals surface area (Å²) < 4.78 is 6.52. The minimum Gasteiger partial charge on any atom is -0.488 e. The number of hydrogen-bond acceptors (Lipinski definition) is 4. The van der Waals surface area contributed by atoms with Crippen molar-refractivity contribution in [2.24, 2.45) is 0 Å². The number of para-hydroxylation sites is 2. The molecule has 1 aliphatic rings. The van der Waals surface area contributed by atoms with Crippen LogP contribution in [0, 0.1) is 6.92 Å². The molecule has 0 N–H and O–H groups in total. The molecule has 1 aliphatic heterocycles. The van der Waals surface area contributed by atoms with Crippen LogP contribution in [0.25, 0.3) is 6.08 Å². The number of nitrogens with zero attached hydrogens (tertiary/aromatic N) is 1. The van der Waals surface area contributed by atoms with Crippen LogP contribution in [-0.2, 0) is 11.4 Å². The Morgan fingerprint density at radius 3 is 2.58 bits per heavy atom. The van der Waals surface area contributed by atoms with Gasteiger partial charge in [-0.1, -0.05) is 89.6 Å². The molecule has 0 spiro atoms. The van der Waals surface area contributed by atoms with Crippen molar-refractivity contribution in [1.82, 2.24) is 0 Å². The molecular formula is C24H17Cl2NO2S2. The normalized spacial score (nSPS) is 15.1. The molecule has 3 nitrogen and oxygen atoms in total. The van der Waals surface area contributed by atoms with Crippen LogP contribution in [0.1, 0.15) is 16.7 Å². The molecule has 156 valence electrons.